The van der Waals surface area contributed by atoms with E-state index in [9.17, 15) is 31.2 Å². The van der Waals surface area contributed by atoms with Gasteiger partial charge < -0.3 is 18.7 Å². The van der Waals surface area contributed by atoms with Gasteiger partial charge in [0.15, 0.2) is 14.1 Å². The SMILES string of the molecule is COC(=O)c1cc(C(=O)N[C@H](CO[Si](C)(C)C(C)(C)C)C(C)(C)C)ccc1OS(=O)(=O)C(F)(F)F. The number of hydrogen-bond acceptors (Lipinski definition) is 7. The molecule has 0 aliphatic heterocycles. The highest BCUT2D eigenvalue weighted by Gasteiger charge is 2.49. The molecular weight excluding hydrogens is 507 g/mol. The summed E-state index contributed by atoms with van der Waals surface area (Å²) < 4.78 is 75.8. The molecular formula is C22H34F3NO7SSi. The second-order valence-electron chi connectivity index (χ2n) is 10.6. The molecule has 8 nitrogen and oxygen atoms in total. The topological polar surface area (TPSA) is 108 Å². The minimum atomic E-state index is -6.04. The lowest BCUT2D eigenvalue weighted by Gasteiger charge is -2.39. The number of nitrogens with one attached hydrogen (secondary N) is 1. The van der Waals surface area contributed by atoms with Crippen LogP contribution in [-0.4, -0.2) is 53.9 Å². The summed E-state index contributed by atoms with van der Waals surface area (Å²) in [6.07, 6.45) is 0. The maximum atomic E-state index is 13.0. The quantitative estimate of drug-likeness (QED) is 0.217. The van der Waals surface area contributed by atoms with Gasteiger partial charge in [0.25, 0.3) is 5.91 Å². The van der Waals surface area contributed by atoms with Gasteiger partial charge in [-0.2, -0.15) is 21.6 Å². The lowest BCUT2D eigenvalue weighted by molar-refractivity contribution is -0.0500. The Labute approximate surface area is 205 Å². The summed E-state index contributed by atoms with van der Waals surface area (Å²) >= 11 is 0. The van der Waals surface area contributed by atoms with E-state index in [-0.39, 0.29) is 17.2 Å². The van der Waals surface area contributed by atoms with E-state index in [4.69, 9.17) is 4.43 Å². The van der Waals surface area contributed by atoms with Crippen LogP contribution in [0.1, 0.15) is 62.3 Å². The van der Waals surface area contributed by atoms with Gasteiger partial charge in [0, 0.05) is 5.56 Å². The predicted molar refractivity (Wildman–Crippen MR) is 127 cm³/mol. The Balaban J connectivity index is 3.28. The Morgan fingerprint density at radius 2 is 1.60 bits per heavy atom. The third-order valence-corrected chi connectivity index (χ3v) is 11.4. The summed E-state index contributed by atoms with van der Waals surface area (Å²) in [6.45, 7) is 16.3. The molecule has 1 amide bonds. The zero-order valence-electron chi connectivity index (χ0n) is 21.4. The molecule has 200 valence electrons. The first-order valence-corrected chi connectivity index (χ1v) is 15.0. The van der Waals surface area contributed by atoms with Gasteiger partial charge >= 0.3 is 21.6 Å². The van der Waals surface area contributed by atoms with E-state index < -0.39 is 58.6 Å². The first kappa shape index (κ1) is 30.9. The number of amides is 1. The predicted octanol–water partition coefficient (Wildman–Crippen LogP) is 4.87. The number of carbonyl (C=O) groups excluding carboxylic acids is 2. The fourth-order valence-corrected chi connectivity index (χ4v) is 3.93. The number of esters is 1. The van der Waals surface area contributed by atoms with E-state index in [1.807, 2.05) is 20.8 Å². The third kappa shape index (κ3) is 7.94. The van der Waals surface area contributed by atoms with Crippen LogP contribution in [0.15, 0.2) is 18.2 Å². The standard InChI is InChI=1S/C22H34F3NO7SSi/c1-20(2,3)17(13-32-35(8,9)21(4,5)6)26-18(27)14-10-11-16(15(12-14)19(28)31-7)33-34(29,30)22(23,24)25/h10-12,17H,13H2,1-9H3,(H,26,27)/t17-/m1/s1. The molecule has 1 aromatic carbocycles. The summed E-state index contributed by atoms with van der Waals surface area (Å²) in [5, 5.41) is 2.79. The second-order valence-corrected chi connectivity index (χ2v) is 17.0. The lowest BCUT2D eigenvalue weighted by Crippen LogP contribution is -2.51. The Kier molecular flexibility index (Phi) is 9.25. The van der Waals surface area contributed by atoms with Gasteiger partial charge in [0.1, 0.15) is 5.56 Å². The van der Waals surface area contributed by atoms with Crippen molar-refractivity contribution in [2.75, 3.05) is 13.7 Å². The van der Waals surface area contributed by atoms with Crippen LogP contribution in [0.4, 0.5) is 13.2 Å². The van der Waals surface area contributed by atoms with Crippen molar-refractivity contribution < 1.29 is 44.5 Å². The number of alkyl halides is 3. The number of carbonyl (C=O) groups is 2. The van der Waals surface area contributed by atoms with Crippen LogP contribution in [-0.2, 0) is 19.3 Å². The highest BCUT2D eigenvalue weighted by molar-refractivity contribution is 7.88. The monoisotopic (exact) mass is 541 g/mol. The molecule has 0 fully saturated rings. The molecule has 0 radical (unpaired) electrons. The van der Waals surface area contributed by atoms with Gasteiger partial charge in [0.2, 0.25) is 0 Å². The molecule has 1 rings (SSSR count). The van der Waals surface area contributed by atoms with Crippen molar-refractivity contribution in [3.8, 4) is 5.75 Å². The molecule has 1 atom stereocenters. The summed E-state index contributed by atoms with van der Waals surface area (Å²) in [6, 6.07) is 2.31. The maximum absolute atomic E-state index is 13.0. The first-order valence-electron chi connectivity index (χ1n) is 10.7. The van der Waals surface area contributed by atoms with Crippen LogP contribution in [0.3, 0.4) is 0 Å². The maximum Gasteiger partial charge on any atom is 0.534 e. The van der Waals surface area contributed by atoms with Crippen LogP contribution in [0.5, 0.6) is 5.75 Å². The van der Waals surface area contributed by atoms with Gasteiger partial charge in [-0.25, -0.2) is 4.79 Å². The van der Waals surface area contributed by atoms with Gasteiger partial charge in [-0.1, -0.05) is 41.5 Å². The molecule has 0 aliphatic carbocycles. The van der Waals surface area contributed by atoms with E-state index in [1.54, 1.807) is 0 Å². The van der Waals surface area contributed by atoms with Crippen LogP contribution < -0.4 is 9.50 Å². The van der Waals surface area contributed by atoms with E-state index in [1.165, 1.54) is 0 Å². The van der Waals surface area contributed by atoms with Crippen molar-refractivity contribution >= 4 is 30.3 Å². The van der Waals surface area contributed by atoms with Crippen molar-refractivity contribution in [2.45, 2.75) is 71.2 Å². The molecule has 1 aromatic rings. The zero-order chi connectivity index (χ0) is 27.6. The minimum Gasteiger partial charge on any atom is -0.465 e. The third-order valence-electron chi connectivity index (χ3n) is 5.90. The average Bonchev–Trinajstić information content (AvgIpc) is 2.67. The molecule has 0 heterocycles. The molecule has 1 N–H and O–H groups in total. The van der Waals surface area contributed by atoms with Gasteiger partial charge in [-0.05, 0) is 41.7 Å². The average molecular weight is 542 g/mol. The number of rotatable bonds is 8. The molecule has 0 bridgehead atoms. The normalized spacial score (nSPS) is 14.3. The fourth-order valence-electron chi connectivity index (χ4n) is 2.44. The van der Waals surface area contributed by atoms with Gasteiger partial charge in [-0.15, -0.1) is 0 Å². The van der Waals surface area contributed by atoms with Crippen LogP contribution in [0.25, 0.3) is 0 Å². The number of hydrogen-bond donors (Lipinski definition) is 1. The molecule has 35 heavy (non-hydrogen) atoms. The van der Waals surface area contributed by atoms with Crippen LogP contribution in [0, 0.1) is 5.41 Å². The number of ether oxygens (including phenoxy) is 1. The van der Waals surface area contributed by atoms with Crippen molar-refractivity contribution in [2.24, 2.45) is 5.41 Å². The molecule has 0 aliphatic rings. The van der Waals surface area contributed by atoms with Gasteiger partial charge in [0.05, 0.1) is 19.8 Å². The number of benzene rings is 1. The zero-order valence-corrected chi connectivity index (χ0v) is 23.2. The number of halogens is 3. The molecule has 0 aromatic heterocycles. The Morgan fingerprint density at radius 3 is 2.03 bits per heavy atom. The second kappa shape index (κ2) is 10.5. The van der Waals surface area contributed by atoms with Crippen molar-refractivity contribution in [1.29, 1.82) is 0 Å². The van der Waals surface area contributed by atoms with E-state index in [0.29, 0.717) is 0 Å². The Hall–Kier alpha value is -2.12. The minimum absolute atomic E-state index is 0.0541. The van der Waals surface area contributed by atoms with Crippen molar-refractivity contribution in [1.82, 2.24) is 5.32 Å². The van der Waals surface area contributed by atoms with Crippen LogP contribution >= 0.6 is 0 Å². The molecule has 0 saturated heterocycles. The van der Waals surface area contributed by atoms with Crippen molar-refractivity contribution in [3.05, 3.63) is 29.3 Å². The van der Waals surface area contributed by atoms with Crippen LogP contribution in [0.2, 0.25) is 18.1 Å². The Morgan fingerprint density at radius 1 is 1.06 bits per heavy atom. The smallest absolute Gasteiger partial charge is 0.465 e. The van der Waals surface area contributed by atoms with E-state index in [0.717, 1.165) is 25.3 Å². The molecule has 0 spiro atoms. The molecule has 0 saturated carbocycles. The first-order chi connectivity index (χ1) is 15.5. The summed E-state index contributed by atoms with van der Waals surface area (Å²) in [5.41, 5.74) is -6.89. The van der Waals surface area contributed by atoms with Gasteiger partial charge in [-0.3, -0.25) is 4.79 Å². The summed E-state index contributed by atoms with van der Waals surface area (Å²) in [5.74, 6) is -2.74. The highest BCUT2D eigenvalue weighted by Crippen LogP contribution is 2.37. The highest BCUT2D eigenvalue weighted by atomic mass is 32.2. The number of methoxy groups -OCH3 is 1. The molecule has 0 unspecified atom stereocenters. The van der Waals surface area contributed by atoms with Crippen molar-refractivity contribution in [3.63, 3.8) is 0 Å². The summed E-state index contributed by atoms with van der Waals surface area (Å²) in [7, 11) is -7.22. The van der Waals surface area contributed by atoms with E-state index in [2.05, 4.69) is 48.1 Å². The Bertz CT molecular complexity index is 1040. The largest absolute Gasteiger partial charge is 0.534 e. The fraction of sp³-hybridized carbons (Fsp3) is 0.636. The summed E-state index contributed by atoms with van der Waals surface area (Å²) in [4.78, 5) is 25.1. The van der Waals surface area contributed by atoms with E-state index >= 15 is 0 Å². The molecule has 13 heteroatoms. The lowest BCUT2D eigenvalue weighted by atomic mass is 9.87.